The number of hydrogen-bond acceptors (Lipinski definition) is 2. The molecule has 0 aliphatic carbocycles. The molecule has 0 fully saturated rings. The molecular formula is C14H13BrFNO2. The van der Waals surface area contributed by atoms with Gasteiger partial charge >= 0.3 is 0 Å². The highest BCUT2D eigenvalue weighted by molar-refractivity contribution is 9.10. The fourth-order valence-corrected chi connectivity index (χ4v) is 2.06. The Bertz CT molecular complexity index is 609. The maximum absolute atomic E-state index is 13.6. The smallest absolute Gasteiger partial charge is 0.254 e. The van der Waals surface area contributed by atoms with E-state index in [2.05, 4.69) is 21.2 Å². The predicted molar refractivity (Wildman–Crippen MR) is 73.4 cm³/mol. The van der Waals surface area contributed by atoms with Gasteiger partial charge in [0.15, 0.2) is 0 Å². The summed E-state index contributed by atoms with van der Waals surface area (Å²) in [5.41, 5.74) is 0.00417. The van der Waals surface area contributed by atoms with Crippen molar-refractivity contribution in [1.29, 1.82) is 0 Å². The average molecular weight is 326 g/mol. The number of carbonyl (C=O) groups excluding carboxylic acids is 1. The summed E-state index contributed by atoms with van der Waals surface area (Å²) in [5, 5.41) is 2.70. The lowest BCUT2D eigenvalue weighted by Crippen LogP contribution is -2.27. The molecule has 1 aromatic heterocycles. The molecule has 0 saturated heterocycles. The van der Waals surface area contributed by atoms with Crippen LogP contribution in [-0.4, -0.2) is 5.91 Å². The van der Waals surface area contributed by atoms with E-state index < -0.39 is 11.7 Å². The van der Waals surface area contributed by atoms with Crippen molar-refractivity contribution in [3.63, 3.8) is 0 Å². The Balaban J connectivity index is 2.15. The molecule has 0 bridgehead atoms. The summed E-state index contributed by atoms with van der Waals surface area (Å²) in [7, 11) is 0. The Kier molecular flexibility index (Phi) is 4.04. The maximum atomic E-state index is 13.6. The van der Waals surface area contributed by atoms with Crippen LogP contribution in [-0.2, 0) is 0 Å². The van der Waals surface area contributed by atoms with Crippen LogP contribution in [0.3, 0.4) is 0 Å². The van der Waals surface area contributed by atoms with Crippen LogP contribution in [0.5, 0.6) is 0 Å². The zero-order valence-corrected chi connectivity index (χ0v) is 12.1. The predicted octanol–water partition coefficient (Wildman–Crippen LogP) is 3.98. The summed E-state index contributed by atoms with van der Waals surface area (Å²) in [5.74, 6) is 0.384. The van der Waals surface area contributed by atoms with E-state index in [1.165, 1.54) is 12.1 Å². The minimum atomic E-state index is -0.552. The van der Waals surface area contributed by atoms with E-state index in [1.54, 1.807) is 19.1 Å². The molecule has 5 heteroatoms. The van der Waals surface area contributed by atoms with Crippen LogP contribution >= 0.6 is 15.9 Å². The van der Waals surface area contributed by atoms with Gasteiger partial charge in [0.05, 0.1) is 11.6 Å². The second-order valence-corrected chi connectivity index (χ2v) is 5.18. The lowest BCUT2D eigenvalue weighted by molar-refractivity contribution is 0.0931. The third-order valence-electron chi connectivity index (χ3n) is 2.71. The molecule has 0 spiro atoms. The third kappa shape index (κ3) is 3.23. The van der Waals surface area contributed by atoms with E-state index >= 15 is 0 Å². The summed E-state index contributed by atoms with van der Waals surface area (Å²) < 4.78 is 19.6. The molecule has 2 rings (SSSR count). The van der Waals surface area contributed by atoms with Crippen molar-refractivity contribution in [3.05, 3.63) is 57.7 Å². The van der Waals surface area contributed by atoms with Crippen LogP contribution in [0.2, 0.25) is 0 Å². The molecule has 1 aromatic carbocycles. The van der Waals surface area contributed by atoms with Gasteiger partial charge in [-0.2, -0.15) is 0 Å². The van der Waals surface area contributed by atoms with E-state index in [9.17, 15) is 9.18 Å². The number of furan rings is 1. The zero-order valence-electron chi connectivity index (χ0n) is 10.5. The van der Waals surface area contributed by atoms with Crippen molar-refractivity contribution in [2.75, 3.05) is 0 Å². The second kappa shape index (κ2) is 5.57. The first-order valence-electron chi connectivity index (χ1n) is 5.79. The standard InChI is InChI=1S/C14H13BrFNO2/c1-8-3-6-13(19-8)9(2)17-14(18)11-7-10(15)4-5-12(11)16/h3-7,9H,1-2H3,(H,17,18). The van der Waals surface area contributed by atoms with Gasteiger partial charge < -0.3 is 9.73 Å². The largest absolute Gasteiger partial charge is 0.464 e. The Labute approximate surface area is 118 Å². The summed E-state index contributed by atoms with van der Waals surface area (Å²) >= 11 is 3.21. The topological polar surface area (TPSA) is 42.2 Å². The number of nitrogens with one attached hydrogen (secondary N) is 1. The number of carbonyl (C=O) groups is 1. The van der Waals surface area contributed by atoms with Crippen LogP contribution in [0.15, 0.2) is 39.2 Å². The molecule has 2 aromatic rings. The minimum absolute atomic E-state index is 0.00417. The first-order chi connectivity index (χ1) is 8.97. The van der Waals surface area contributed by atoms with Crippen molar-refractivity contribution < 1.29 is 13.6 Å². The van der Waals surface area contributed by atoms with Crippen molar-refractivity contribution in [2.45, 2.75) is 19.9 Å². The van der Waals surface area contributed by atoms with Gasteiger partial charge in [-0.05, 0) is 44.2 Å². The average Bonchev–Trinajstić information content (AvgIpc) is 2.79. The maximum Gasteiger partial charge on any atom is 0.254 e. The normalized spacial score (nSPS) is 12.2. The van der Waals surface area contributed by atoms with Gasteiger partial charge in [0.25, 0.3) is 5.91 Å². The SMILES string of the molecule is Cc1ccc(C(C)NC(=O)c2cc(Br)ccc2F)o1. The molecule has 1 atom stereocenters. The van der Waals surface area contributed by atoms with E-state index in [0.29, 0.717) is 10.2 Å². The number of rotatable bonds is 3. The van der Waals surface area contributed by atoms with Gasteiger partial charge in [-0.3, -0.25) is 4.79 Å². The third-order valence-corrected chi connectivity index (χ3v) is 3.20. The second-order valence-electron chi connectivity index (χ2n) is 4.27. The molecular weight excluding hydrogens is 313 g/mol. The molecule has 0 saturated carbocycles. The van der Waals surface area contributed by atoms with E-state index in [4.69, 9.17) is 4.42 Å². The number of amides is 1. The fraction of sp³-hybridized carbons (Fsp3) is 0.214. The first kappa shape index (κ1) is 13.8. The van der Waals surface area contributed by atoms with Gasteiger partial charge in [-0.1, -0.05) is 15.9 Å². The molecule has 100 valence electrons. The lowest BCUT2D eigenvalue weighted by Gasteiger charge is -2.12. The highest BCUT2D eigenvalue weighted by Gasteiger charge is 2.17. The summed E-state index contributed by atoms with van der Waals surface area (Å²) in [6, 6.07) is 7.53. The fourth-order valence-electron chi connectivity index (χ4n) is 1.70. The number of hydrogen-bond donors (Lipinski definition) is 1. The molecule has 0 aliphatic rings. The van der Waals surface area contributed by atoms with Gasteiger partial charge in [-0.25, -0.2) is 4.39 Å². The quantitative estimate of drug-likeness (QED) is 0.927. The number of benzene rings is 1. The summed E-state index contributed by atoms with van der Waals surface area (Å²) in [4.78, 5) is 12.0. The van der Waals surface area contributed by atoms with Gasteiger partial charge in [0, 0.05) is 4.47 Å². The van der Waals surface area contributed by atoms with Crippen LogP contribution in [0.4, 0.5) is 4.39 Å². The monoisotopic (exact) mass is 325 g/mol. The van der Waals surface area contributed by atoms with E-state index in [1.807, 2.05) is 13.0 Å². The number of aryl methyl sites for hydroxylation is 1. The molecule has 3 nitrogen and oxygen atoms in total. The molecule has 0 aliphatic heterocycles. The minimum Gasteiger partial charge on any atom is -0.464 e. The zero-order chi connectivity index (χ0) is 14.0. The van der Waals surface area contributed by atoms with Gasteiger partial charge in [0.1, 0.15) is 17.3 Å². The molecule has 1 heterocycles. The van der Waals surface area contributed by atoms with Gasteiger partial charge in [-0.15, -0.1) is 0 Å². The highest BCUT2D eigenvalue weighted by Crippen LogP contribution is 2.19. The molecule has 0 radical (unpaired) electrons. The Morgan fingerprint density at radius 1 is 1.37 bits per heavy atom. The first-order valence-corrected chi connectivity index (χ1v) is 6.59. The molecule has 1 N–H and O–H groups in total. The van der Waals surface area contributed by atoms with Crippen LogP contribution < -0.4 is 5.32 Å². The summed E-state index contributed by atoms with van der Waals surface area (Å²) in [6.07, 6.45) is 0. The van der Waals surface area contributed by atoms with E-state index in [-0.39, 0.29) is 11.6 Å². The Morgan fingerprint density at radius 3 is 2.74 bits per heavy atom. The van der Waals surface area contributed by atoms with Crippen LogP contribution in [0.1, 0.15) is 34.8 Å². The lowest BCUT2D eigenvalue weighted by atomic mass is 10.1. The summed E-state index contributed by atoms with van der Waals surface area (Å²) in [6.45, 7) is 3.61. The number of halogens is 2. The van der Waals surface area contributed by atoms with Crippen molar-refractivity contribution in [2.24, 2.45) is 0 Å². The van der Waals surface area contributed by atoms with Crippen LogP contribution in [0.25, 0.3) is 0 Å². The Morgan fingerprint density at radius 2 is 2.11 bits per heavy atom. The molecule has 19 heavy (non-hydrogen) atoms. The highest BCUT2D eigenvalue weighted by atomic mass is 79.9. The van der Waals surface area contributed by atoms with Crippen molar-refractivity contribution in [3.8, 4) is 0 Å². The Hall–Kier alpha value is -1.62. The van der Waals surface area contributed by atoms with Gasteiger partial charge in [0.2, 0.25) is 0 Å². The van der Waals surface area contributed by atoms with E-state index in [0.717, 1.165) is 5.76 Å². The van der Waals surface area contributed by atoms with Crippen LogP contribution in [0, 0.1) is 12.7 Å². The van der Waals surface area contributed by atoms with Crippen molar-refractivity contribution in [1.82, 2.24) is 5.32 Å². The molecule has 1 amide bonds. The van der Waals surface area contributed by atoms with Crippen molar-refractivity contribution >= 4 is 21.8 Å². The molecule has 1 unspecified atom stereocenters.